The van der Waals surface area contributed by atoms with Gasteiger partial charge in [0.05, 0.1) is 4.90 Å². The van der Waals surface area contributed by atoms with Gasteiger partial charge in [-0.2, -0.15) is 0 Å². The molecule has 142 valence electrons. The fourth-order valence-corrected chi connectivity index (χ4v) is 3.38. The van der Waals surface area contributed by atoms with Crippen molar-refractivity contribution in [3.8, 4) is 0 Å². The summed E-state index contributed by atoms with van der Waals surface area (Å²) in [7, 11) is -0.728. The predicted molar refractivity (Wildman–Crippen MR) is 103 cm³/mol. The maximum absolute atomic E-state index is 12.3. The molecule has 0 spiro atoms. The Hall–Kier alpha value is -2.50. The minimum absolute atomic E-state index is 0.0754. The summed E-state index contributed by atoms with van der Waals surface area (Å²) in [5.74, 6) is -0.391. The molecule has 0 unspecified atom stereocenters. The number of amides is 1. The summed E-state index contributed by atoms with van der Waals surface area (Å²) in [5.41, 5.74) is 1.41. The number of anilines is 1. The molecule has 0 bridgehead atoms. The maximum Gasteiger partial charge on any atom is 0.265 e. The molecular weight excluding hydrogens is 438 g/mol. The second kappa shape index (κ2) is 7.62. The third kappa shape index (κ3) is 4.26. The first kappa shape index (κ1) is 19.3. The number of carbonyl (C=O) groups excluding carboxylic acids is 1. The molecule has 3 rings (SSSR count). The van der Waals surface area contributed by atoms with Gasteiger partial charge in [-0.05, 0) is 47.7 Å². The van der Waals surface area contributed by atoms with Gasteiger partial charge in [-0.3, -0.25) is 4.79 Å². The fourth-order valence-electron chi connectivity index (χ4n) is 2.19. The van der Waals surface area contributed by atoms with Gasteiger partial charge in [0.1, 0.15) is 11.0 Å². The Bertz CT molecular complexity index is 1080. The standard InChI is InChI=1S/C16H16BrN5O4S/c1-21(2)27(24,25)13-7-8-14-15(9-13)22(20-19-14)26-10-16(23)18-12-5-3-11(17)4-6-12/h3-9H,10H2,1-2H3,(H,18,23). The van der Waals surface area contributed by atoms with E-state index in [1.165, 1.54) is 32.3 Å². The van der Waals surface area contributed by atoms with Crippen LogP contribution in [-0.2, 0) is 14.8 Å². The van der Waals surface area contributed by atoms with Gasteiger partial charge in [-0.25, -0.2) is 12.7 Å². The molecule has 1 heterocycles. The Labute approximate surface area is 164 Å². The van der Waals surface area contributed by atoms with E-state index in [-0.39, 0.29) is 11.5 Å². The lowest BCUT2D eigenvalue weighted by atomic mass is 10.3. The second-order valence-electron chi connectivity index (χ2n) is 5.73. The van der Waals surface area contributed by atoms with E-state index >= 15 is 0 Å². The normalized spacial score (nSPS) is 11.7. The van der Waals surface area contributed by atoms with Crippen molar-refractivity contribution in [3.63, 3.8) is 0 Å². The number of aromatic nitrogens is 3. The van der Waals surface area contributed by atoms with Crippen molar-refractivity contribution in [2.75, 3.05) is 26.0 Å². The van der Waals surface area contributed by atoms with Crippen LogP contribution in [-0.4, -0.2) is 54.5 Å². The first-order chi connectivity index (χ1) is 12.8. The van der Waals surface area contributed by atoms with Crippen LogP contribution in [0.1, 0.15) is 0 Å². The molecule has 2 aromatic carbocycles. The van der Waals surface area contributed by atoms with E-state index < -0.39 is 15.9 Å². The summed E-state index contributed by atoms with van der Waals surface area (Å²) < 4.78 is 26.5. The van der Waals surface area contributed by atoms with Crippen LogP contribution in [0, 0.1) is 0 Å². The van der Waals surface area contributed by atoms with E-state index in [1.807, 2.05) is 0 Å². The molecule has 0 radical (unpaired) electrons. The number of fused-ring (bicyclic) bond motifs is 1. The van der Waals surface area contributed by atoms with Gasteiger partial charge >= 0.3 is 0 Å². The van der Waals surface area contributed by atoms with Crippen LogP contribution in [0.15, 0.2) is 51.8 Å². The van der Waals surface area contributed by atoms with Crippen LogP contribution in [0.4, 0.5) is 5.69 Å². The summed E-state index contributed by atoms with van der Waals surface area (Å²) >= 11 is 3.32. The van der Waals surface area contributed by atoms with E-state index in [0.29, 0.717) is 16.7 Å². The van der Waals surface area contributed by atoms with E-state index in [2.05, 4.69) is 31.6 Å². The first-order valence-electron chi connectivity index (χ1n) is 7.74. The van der Waals surface area contributed by atoms with Gasteiger partial charge in [0.15, 0.2) is 6.61 Å². The molecule has 1 amide bonds. The quantitative estimate of drug-likeness (QED) is 0.606. The minimum atomic E-state index is -3.61. The first-order valence-corrected chi connectivity index (χ1v) is 9.97. The van der Waals surface area contributed by atoms with Crippen LogP contribution in [0.5, 0.6) is 0 Å². The molecule has 1 N–H and O–H groups in total. The highest BCUT2D eigenvalue weighted by atomic mass is 79.9. The summed E-state index contributed by atoms with van der Waals surface area (Å²) in [6, 6.07) is 11.5. The Kier molecular flexibility index (Phi) is 5.44. The van der Waals surface area contributed by atoms with Gasteiger partial charge in [-0.1, -0.05) is 20.8 Å². The van der Waals surface area contributed by atoms with Gasteiger partial charge in [0.25, 0.3) is 5.91 Å². The number of carbonyl (C=O) groups is 1. The van der Waals surface area contributed by atoms with Crippen molar-refractivity contribution in [1.29, 1.82) is 0 Å². The molecule has 27 heavy (non-hydrogen) atoms. The summed E-state index contributed by atoms with van der Waals surface area (Å²) in [5, 5.41) is 10.4. The Balaban J connectivity index is 1.75. The van der Waals surface area contributed by atoms with Gasteiger partial charge in [-0.15, -0.1) is 5.10 Å². The van der Waals surface area contributed by atoms with Crippen LogP contribution < -0.4 is 10.2 Å². The maximum atomic E-state index is 12.3. The molecular formula is C16H16BrN5O4S. The van der Waals surface area contributed by atoms with E-state index in [9.17, 15) is 13.2 Å². The van der Waals surface area contributed by atoms with Crippen molar-refractivity contribution < 1.29 is 18.0 Å². The number of sulfonamides is 1. The number of nitrogens with one attached hydrogen (secondary N) is 1. The molecule has 11 heteroatoms. The fraction of sp³-hybridized carbons (Fsp3) is 0.188. The van der Waals surface area contributed by atoms with Crippen molar-refractivity contribution >= 4 is 48.6 Å². The number of hydrogen-bond acceptors (Lipinski definition) is 6. The molecule has 1 aromatic heterocycles. The largest absolute Gasteiger partial charge is 0.385 e. The average molecular weight is 454 g/mol. The summed E-state index contributed by atoms with van der Waals surface area (Å²) in [6.07, 6.45) is 0. The smallest absolute Gasteiger partial charge is 0.265 e. The number of rotatable bonds is 6. The highest BCUT2D eigenvalue weighted by molar-refractivity contribution is 9.10. The average Bonchev–Trinajstić information content (AvgIpc) is 3.04. The molecule has 9 nitrogen and oxygen atoms in total. The third-order valence-electron chi connectivity index (χ3n) is 3.61. The van der Waals surface area contributed by atoms with E-state index in [0.717, 1.165) is 13.6 Å². The SMILES string of the molecule is CN(C)S(=O)(=O)c1ccc2nnn(OCC(=O)Nc3ccc(Br)cc3)c2c1. The van der Waals surface area contributed by atoms with Gasteiger partial charge in [0, 0.05) is 24.3 Å². The van der Waals surface area contributed by atoms with Crippen molar-refractivity contribution in [2.24, 2.45) is 0 Å². The van der Waals surface area contributed by atoms with Crippen molar-refractivity contribution in [3.05, 3.63) is 46.9 Å². The lowest BCUT2D eigenvalue weighted by molar-refractivity contribution is -0.121. The van der Waals surface area contributed by atoms with Crippen LogP contribution in [0.2, 0.25) is 0 Å². The highest BCUT2D eigenvalue weighted by Crippen LogP contribution is 2.19. The molecule has 0 aliphatic rings. The second-order valence-corrected chi connectivity index (χ2v) is 8.80. The van der Waals surface area contributed by atoms with E-state index in [4.69, 9.17) is 4.84 Å². The lowest BCUT2D eigenvalue weighted by Crippen LogP contribution is -2.26. The molecule has 0 aliphatic heterocycles. The van der Waals surface area contributed by atoms with Gasteiger partial charge in [0.2, 0.25) is 10.0 Å². The molecule has 0 saturated heterocycles. The summed E-state index contributed by atoms with van der Waals surface area (Å²) in [6.45, 7) is -0.320. The Morgan fingerprint density at radius 1 is 1.22 bits per heavy atom. The molecule has 0 saturated carbocycles. The highest BCUT2D eigenvalue weighted by Gasteiger charge is 2.19. The Morgan fingerprint density at radius 3 is 2.59 bits per heavy atom. The summed E-state index contributed by atoms with van der Waals surface area (Å²) in [4.78, 5) is 18.5. The molecule has 0 aliphatic carbocycles. The lowest BCUT2D eigenvalue weighted by Gasteiger charge is -2.11. The Morgan fingerprint density at radius 2 is 1.93 bits per heavy atom. The number of halogens is 1. The van der Waals surface area contributed by atoms with Gasteiger partial charge < -0.3 is 10.2 Å². The molecule has 0 fully saturated rings. The van der Waals surface area contributed by atoms with Crippen LogP contribution >= 0.6 is 15.9 Å². The number of hydrogen-bond donors (Lipinski definition) is 1. The third-order valence-corrected chi connectivity index (χ3v) is 5.95. The molecule has 0 atom stereocenters. The van der Waals surface area contributed by atoms with Crippen LogP contribution in [0.3, 0.4) is 0 Å². The monoisotopic (exact) mass is 453 g/mol. The van der Waals surface area contributed by atoms with Crippen molar-refractivity contribution in [2.45, 2.75) is 4.90 Å². The molecule has 3 aromatic rings. The number of nitrogens with zero attached hydrogens (tertiary/aromatic N) is 4. The topological polar surface area (TPSA) is 106 Å². The van der Waals surface area contributed by atoms with Crippen LogP contribution in [0.25, 0.3) is 11.0 Å². The van der Waals surface area contributed by atoms with E-state index in [1.54, 1.807) is 24.3 Å². The minimum Gasteiger partial charge on any atom is -0.385 e. The zero-order valence-electron chi connectivity index (χ0n) is 14.5. The zero-order chi connectivity index (χ0) is 19.6. The number of benzene rings is 2. The predicted octanol–water partition coefficient (Wildman–Crippen LogP) is 1.51. The zero-order valence-corrected chi connectivity index (χ0v) is 16.9. The van der Waals surface area contributed by atoms with Crippen molar-refractivity contribution in [1.82, 2.24) is 19.5 Å².